The zero-order valence-electron chi connectivity index (χ0n) is 9.45. The molecule has 0 aromatic carbocycles. The minimum Gasteiger partial charge on any atom is -0.337 e. The fourth-order valence-corrected chi connectivity index (χ4v) is 2.32. The molecule has 16 heavy (non-hydrogen) atoms. The molecule has 1 aliphatic heterocycles. The number of nitrogens with zero attached hydrogens (tertiary/aromatic N) is 3. The number of hydrogen-bond acceptors (Lipinski definition) is 2. The fraction of sp³-hybridized carbons (Fsp3) is 0.636. The number of amides is 1. The van der Waals surface area contributed by atoms with Crippen molar-refractivity contribution >= 4 is 17.5 Å². The Hall–Kier alpha value is -1.03. The third-order valence-electron chi connectivity index (χ3n) is 2.99. The van der Waals surface area contributed by atoms with Crippen LogP contribution in [0, 0.1) is 0 Å². The summed E-state index contributed by atoms with van der Waals surface area (Å²) >= 11 is 5.97. The van der Waals surface area contributed by atoms with Gasteiger partial charge in [-0.1, -0.05) is 24.4 Å². The average molecular weight is 242 g/mol. The van der Waals surface area contributed by atoms with Gasteiger partial charge >= 0.3 is 0 Å². The van der Waals surface area contributed by atoms with Crippen molar-refractivity contribution in [3.05, 3.63) is 16.9 Å². The lowest BCUT2D eigenvalue weighted by Crippen LogP contribution is -2.33. The maximum Gasteiger partial charge on any atom is 0.273 e. The molecule has 0 N–H and O–H groups in total. The highest BCUT2D eigenvalue weighted by Crippen LogP contribution is 2.18. The highest BCUT2D eigenvalue weighted by molar-refractivity contribution is 6.33. The topological polar surface area (TPSA) is 38.1 Å². The van der Waals surface area contributed by atoms with E-state index in [9.17, 15) is 4.79 Å². The van der Waals surface area contributed by atoms with Gasteiger partial charge in [0.2, 0.25) is 0 Å². The van der Waals surface area contributed by atoms with Gasteiger partial charge in [-0.25, -0.2) is 0 Å². The standard InChI is InChI=1S/C11H16ClN3O/c1-14-10(9(12)8-13-14)11(16)15-6-4-2-3-5-7-15/h8H,2-7H2,1H3. The van der Waals surface area contributed by atoms with Gasteiger partial charge in [0.15, 0.2) is 0 Å². The summed E-state index contributed by atoms with van der Waals surface area (Å²) in [5.74, 6) is 0.00639. The molecular formula is C11H16ClN3O. The van der Waals surface area contributed by atoms with Gasteiger partial charge in [0, 0.05) is 20.1 Å². The summed E-state index contributed by atoms with van der Waals surface area (Å²) in [4.78, 5) is 14.1. The molecule has 2 rings (SSSR count). The molecule has 1 aromatic rings. The van der Waals surface area contributed by atoms with Crippen LogP contribution in [0.2, 0.25) is 5.02 Å². The fourth-order valence-electron chi connectivity index (χ4n) is 2.07. The van der Waals surface area contributed by atoms with Crippen LogP contribution >= 0.6 is 11.6 Å². The Morgan fingerprint density at radius 2 is 1.94 bits per heavy atom. The first-order valence-electron chi connectivity index (χ1n) is 5.67. The smallest absolute Gasteiger partial charge is 0.273 e. The Balaban J connectivity index is 2.17. The molecule has 0 atom stereocenters. The molecule has 0 aliphatic carbocycles. The van der Waals surface area contributed by atoms with E-state index >= 15 is 0 Å². The van der Waals surface area contributed by atoms with Crippen molar-refractivity contribution in [3.63, 3.8) is 0 Å². The van der Waals surface area contributed by atoms with Crippen LogP contribution in [0.15, 0.2) is 6.20 Å². The van der Waals surface area contributed by atoms with Crippen LogP contribution in [0.25, 0.3) is 0 Å². The van der Waals surface area contributed by atoms with E-state index in [0.29, 0.717) is 10.7 Å². The first-order chi connectivity index (χ1) is 7.70. The van der Waals surface area contributed by atoms with Gasteiger partial charge in [0.05, 0.1) is 11.2 Å². The van der Waals surface area contributed by atoms with E-state index < -0.39 is 0 Å². The number of carbonyl (C=O) groups is 1. The first kappa shape index (κ1) is 11.5. The summed E-state index contributed by atoms with van der Waals surface area (Å²) in [5.41, 5.74) is 0.503. The number of aryl methyl sites for hydroxylation is 1. The lowest BCUT2D eigenvalue weighted by atomic mass is 10.2. The summed E-state index contributed by atoms with van der Waals surface area (Å²) in [6.07, 6.45) is 6.11. The van der Waals surface area contributed by atoms with Crippen molar-refractivity contribution in [2.45, 2.75) is 25.7 Å². The largest absolute Gasteiger partial charge is 0.337 e. The Kier molecular flexibility index (Phi) is 3.49. The molecule has 0 radical (unpaired) electrons. The predicted molar refractivity (Wildman–Crippen MR) is 62.6 cm³/mol. The van der Waals surface area contributed by atoms with E-state index in [1.54, 1.807) is 11.7 Å². The highest BCUT2D eigenvalue weighted by Gasteiger charge is 2.22. The molecule has 1 amide bonds. The van der Waals surface area contributed by atoms with Gasteiger partial charge in [0.25, 0.3) is 5.91 Å². The highest BCUT2D eigenvalue weighted by atomic mass is 35.5. The molecule has 2 heterocycles. The van der Waals surface area contributed by atoms with E-state index in [1.807, 2.05) is 4.90 Å². The monoisotopic (exact) mass is 241 g/mol. The quantitative estimate of drug-likeness (QED) is 0.755. The minimum absolute atomic E-state index is 0.00639. The number of likely N-dealkylation sites (tertiary alicyclic amines) is 1. The number of hydrogen-bond donors (Lipinski definition) is 0. The van der Waals surface area contributed by atoms with Crippen LogP contribution in [0.4, 0.5) is 0 Å². The van der Waals surface area contributed by atoms with Gasteiger partial charge in [-0.2, -0.15) is 5.10 Å². The van der Waals surface area contributed by atoms with E-state index in [1.165, 1.54) is 19.0 Å². The molecule has 0 unspecified atom stereocenters. The number of aromatic nitrogens is 2. The van der Waals surface area contributed by atoms with Gasteiger partial charge in [-0.3, -0.25) is 9.48 Å². The summed E-state index contributed by atoms with van der Waals surface area (Å²) in [6, 6.07) is 0. The van der Waals surface area contributed by atoms with Crippen LogP contribution in [0.3, 0.4) is 0 Å². The zero-order chi connectivity index (χ0) is 11.5. The lowest BCUT2D eigenvalue weighted by Gasteiger charge is -2.20. The van der Waals surface area contributed by atoms with Gasteiger partial charge in [-0.15, -0.1) is 0 Å². The van der Waals surface area contributed by atoms with Crippen molar-refractivity contribution in [2.24, 2.45) is 7.05 Å². The Morgan fingerprint density at radius 3 is 2.44 bits per heavy atom. The molecule has 88 valence electrons. The molecule has 0 bridgehead atoms. The van der Waals surface area contributed by atoms with Crippen molar-refractivity contribution in [1.82, 2.24) is 14.7 Å². The molecule has 0 spiro atoms. The van der Waals surface area contributed by atoms with E-state index in [-0.39, 0.29) is 5.91 Å². The van der Waals surface area contributed by atoms with Gasteiger partial charge in [0.1, 0.15) is 5.69 Å². The normalized spacial score (nSPS) is 17.2. The Morgan fingerprint density at radius 1 is 1.31 bits per heavy atom. The second kappa shape index (κ2) is 4.87. The van der Waals surface area contributed by atoms with Crippen LogP contribution in [0.5, 0.6) is 0 Å². The summed E-state index contributed by atoms with van der Waals surface area (Å²) < 4.78 is 1.55. The SMILES string of the molecule is Cn1ncc(Cl)c1C(=O)N1CCCCCC1. The van der Waals surface area contributed by atoms with Crippen LogP contribution in [-0.4, -0.2) is 33.7 Å². The van der Waals surface area contributed by atoms with E-state index in [4.69, 9.17) is 11.6 Å². The second-order valence-electron chi connectivity index (χ2n) is 4.17. The molecule has 4 nitrogen and oxygen atoms in total. The minimum atomic E-state index is 0.00639. The van der Waals surface area contributed by atoms with Crippen LogP contribution in [0.1, 0.15) is 36.2 Å². The second-order valence-corrected chi connectivity index (χ2v) is 4.58. The third-order valence-corrected chi connectivity index (χ3v) is 3.27. The molecule has 0 saturated carbocycles. The number of carbonyl (C=O) groups excluding carboxylic acids is 1. The predicted octanol–water partition coefficient (Wildman–Crippen LogP) is 2.09. The van der Waals surface area contributed by atoms with Crippen molar-refractivity contribution < 1.29 is 4.79 Å². The maximum absolute atomic E-state index is 12.2. The van der Waals surface area contributed by atoms with Gasteiger partial charge < -0.3 is 4.90 Å². The van der Waals surface area contributed by atoms with Gasteiger partial charge in [-0.05, 0) is 12.8 Å². The molecule has 1 saturated heterocycles. The average Bonchev–Trinajstić information content (AvgIpc) is 2.51. The summed E-state index contributed by atoms with van der Waals surface area (Å²) in [7, 11) is 1.75. The van der Waals surface area contributed by atoms with Crippen molar-refractivity contribution in [1.29, 1.82) is 0 Å². The molecule has 1 aromatic heterocycles. The maximum atomic E-state index is 12.2. The number of rotatable bonds is 1. The summed E-state index contributed by atoms with van der Waals surface area (Å²) in [5, 5.41) is 4.43. The number of halogens is 1. The van der Waals surface area contributed by atoms with Crippen LogP contribution in [-0.2, 0) is 7.05 Å². The molecule has 1 fully saturated rings. The zero-order valence-corrected chi connectivity index (χ0v) is 10.2. The van der Waals surface area contributed by atoms with Crippen LogP contribution < -0.4 is 0 Å². The molecular weight excluding hydrogens is 226 g/mol. The molecule has 5 heteroatoms. The Bertz CT molecular complexity index is 361. The third kappa shape index (κ3) is 2.21. The Labute approximate surface area is 100 Å². The summed E-state index contributed by atoms with van der Waals surface area (Å²) in [6.45, 7) is 1.67. The van der Waals surface area contributed by atoms with E-state index in [0.717, 1.165) is 25.9 Å². The van der Waals surface area contributed by atoms with Crippen molar-refractivity contribution in [2.75, 3.05) is 13.1 Å². The lowest BCUT2D eigenvalue weighted by molar-refractivity contribution is 0.0751. The van der Waals surface area contributed by atoms with E-state index in [2.05, 4.69) is 5.10 Å². The molecule has 1 aliphatic rings. The van der Waals surface area contributed by atoms with Crippen molar-refractivity contribution in [3.8, 4) is 0 Å². The first-order valence-corrected chi connectivity index (χ1v) is 6.04.